The summed E-state index contributed by atoms with van der Waals surface area (Å²) in [5, 5.41) is 0. The summed E-state index contributed by atoms with van der Waals surface area (Å²) < 4.78 is 31.8. The molecule has 2 rings (SSSR count). The zero-order valence-electron chi connectivity index (χ0n) is 10.3. The number of halogens is 3. The first-order valence-electron chi connectivity index (χ1n) is 5.92. The minimum absolute atomic E-state index is 0. The summed E-state index contributed by atoms with van der Waals surface area (Å²) in [6.45, 7) is 2.41. The van der Waals surface area contributed by atoms with E-state index in [0.717, 1.165) is 18.9 Å². The molecule has 1 atom stereocenters. The van der Waals surface area contributed by atoms with Gasteiger partial charge in [-0.25, -0.2) is 8.78 Å². The molecule has 1 fully saturated rings. The summed E-state index contributed by atoms with van der Waals surface area (Å²) in [4.78, 5) is 0. The number of benzene rings is 1. The molecule has 0 aromatic heterocycles. The van der Waals surface area contributed by atoms with Crippen molar-refractivity contribution in [1.82, 2.24) is 0 Å². The predicted octanol–water partition coefficient (Wildman–Crippen LogP) is 3.07. The van der Waals surface area contributed by atoms with Crippen LogP contribution in [0.1, 0.15) is 25.3 Å². The highest BCUT2D eigenvalue weighted by atomic mass is 35.5. The maximum Gasteiger partial charge on any atom is 0.162 e. The van der Waals surface area contributed by atoms with Gasteiger partial charge in [-0.05, 0) is 43.7 Å². The smallest absolute Gasteiger partial charge is 0.162 e. The van der Waals surface area contributed by atoms with Gasteiger partial charge in [-0.2, -0.15) is 0 Å². The number of nitrogens with two attached hydrogens (primary N) is 1. The summed E-state index contributed by atoms with van der Waals surface area (Å²) >= 11 is 0. The lowest BCUT2D eigenvalue weighted by Crippen LogP contribution is -2.19. The van der Waals surface area contributed by atoms with Gasteiger partial charge in [0.1, 0.15) is 5.75 Å². The van der Waals surface area contributed by atoms with E-state index in [-0.39, 0.29) is 18.4 Å². The lowest BCUT2D eigenvalue weighted by Gasteiger charge is -2.13. The highest BCUT2D eigenvalue weighted by Crippen LogP contribution is 2.31. The first-order chi connectivity index (χ1) is 8.06. The second-order valence-electron chi connectivity index (χ2n) is 4.81. The monoisotopic (exact) mass is 277 g/mol. The van der Waals surface area contributed by atoms with Crippen LogP contribution in [0.2, 0.25) is 0 Å². The largest absolute Gasteiger partial charge is 0.493 e. The molecular weight excluding hydrogens is 260 g/mol. The second-order valence-corrected chi connectivity index (χ2v) is 4.81. The quantitative estimate of drug-likeness (QED) is 0.898. The van der Waals surface area contributed by atoms with Crippen molar-refractivity contribution in [3.63, 3.8) is 0 Å². The van der Waals surface area contributed by atoms with E-state index in [1.54, 1.807) is 0 Å². The van der Waals surface area contributed by atoms with Gasteiger partial charge in [0.05, 0.1) is 6.61 Å². The summed E-state index contributed by atoms with van der Waals surface area (Å²) in [5.41, 5.74) is 6.32. The third-order valence-corrected chi connectivity index (χ3v) is 2.82. The van der Waals surface area contributed by atoms with E-state index in [2.05, 4.69) is 0 Å². The van der Waals surface area contributed by atoms with Crippen LogP contribution in [0.25, 0.3) is 0 Å². The SMILES string of the molecule is CC(N)Cc1cc(F)c(F)cc1OCC1CC1.Cl. The van der Waals surface area contributed by atoms with Crippen LogP contribution in [0.15, 0.2) is 12.1 Å². The maximum atomic E-state index is 13.2. The Morgan fingerprint density at radius 1 is 1.33 bits per heavy atom. The van der Waals surface area contributed by atoms with Gasteiger partial charge in [0.2, 0.25) is 0 Å². The van der Waals surface area contributed by atoms with Crippen LogP contribution in [0.5, 0.6) is 5.75 Å². The summed E-state index contributed by atoms with van der Waals surface area (Å²) in [6.07, 6.45) is 2.80. The Labute approximate surface area is 112 Å². The number of hydrogen-bond acceptors (Lipinski definition) is 2. The van der Waals surface area contributed by atoms with Crippen molar-refractivity contribution in [1.29, 1.82) is 0 Å². The lowest BCUT2D eigenvalue weighted by molar-refractivity contribution is 0.293. The Balaban J connectivity index is 0.00000162. The van der Waals surface area contributed by atoms with Crippen LogP contribution in [0, 0.1) is 17.6 Å². The fourth-order valence-electron chi connectivity index (χ4n) is 1.70. The minimum Gasteiger partial charge on any atom is -0.493 e. The van der Waals surface area contributed by atoms with E-state index >= 15 is 0 Å². The molecule has 0 radical (unpaired) electrons. The van der Waals surface area contributed by atoms with Crippen LogP contribution >= 0.6 is 12.4 Å². The molecule has 1 unspecified atom stereocenters. The van der Waals surface area contributed by atoms with E-state index in [1.165, 1.54) is 6.07 Å². The Bertz CT molecular complexity index is 408. The van der Waals surface area contributed by atoms with Gasteiger partial charge in [-0.3, -0.25) is 0 Å². The highest BCUT2D eigenvalue weighted by molar-refractivity contribution is 5.85. The molecule has 0 aliphatic heterocycles. The van der Waals surface area contributed by atoms with Crippen molar-refractivity contribution < 1.29 is 13.5 Å². The number of hydrogen-bond donors (Lipinski definition) is 1. The van der Waals surface area contributed by atoms with Crippen LogP contribution in [0.3, 0.4) is 0 Å². The van der Waals surface area contributed by atoms with Gasteiger partial charge >= 0.3 is 0 Å². The average Bonchev–Trinajstić information content (AvgIpc) is 3.04. The van der Waals surface area contributed by atoms with Gasteiger partial charge in [-0.1, -0.05) is 0 Å². The fourth-order valence-corrected chi connectivity index (χ4v) is 1.70. The maximum absolute atomic E-state index is 13.2. The molecule has 0 saturated heterocycles. The fraction of sp³-hybridized carbons (Fsp3) is 0.538. The Hall–Kier alpha value is -0.870. The molecule has 102 valence electrons. The molecule has 1 saturated carbocycles. The molecule has 0 heterocycles. The molecule has 1 aromatic rings. The molecule has 1 aliphatic carbocycles. The van der Waals surface area contributed by atoms with Crippen molar-refractivity contribution in [2.45, 2.75) is 32.2 Å². The first kappa shape index (κ1) is 15.2. The third kappa shape index (κ3) is 4.10. The van der Waals surface area contributed by atoms with Crippen LogP contribution in [0.4, 0.5) is 8.78 Å². The Morgan fingerprint density at radius 3 is 2.50 bits per heavy atom. The van der Waals surface area contributed by atoms with Gasteiger partial charge in [0, 0.05) is 12.1 Å². The minimum atomic E-state index is -0.871. The van der Waals surface area contributed by atoms with Gasteiger partial charge in [0.15, 0.2) is 11.6 Å². The molecule has 0 spiro atoms. The first-order valence-corrected chi connectivity index (χ1v) is 5.92. The second kappa shape index (κ2) is 6.34. The standard InChI is InChI=1S/C13H17F2NO.ClH/c1-8(16)4-10-5-11(14)12(15)6-13(10)17-7-9-2-3-9;/h5-6,8-9H,2-4,7,16H2,1H3;1H. The molecule has 18 heavy (non-hydrogen) atoms. The molecule has 2 N–H and O–H groups in total. The van der Waals surface area contributed by atoms with Crippen LogP contribution < -0.4 is 10.5 Å². The third-order valence-electron chi connectivity index (χ3n) is 2.82. The zero-order chi connectivity index (χ0) is 12.4. The molecule has 1 aromatic carbocycles. The van der Waals surface area contributed by atoms with E-state index in [4.69, 9.17) is 10.5 Å². The van der Waals surface area contributed by atoms with Crippen molar-refractivity contribution >= 4 is 12.4 Å². The summed E-state index contributed by atoms with van der Waals surface area (Å²) in [6, 6.07) is 2.19. The van der Waals surface area contributed by atoms with E-state index in [0.29, 0.717) is 30.3 Å². The van der Waals surface area contributed by atoms with E-state index < -0.39 is 11.6 Å². The summed E-state index contributed by atoms with van der Waals surface area (Å²) in [5.74, 6) is -0.719. The lowest BCUT2D eigenvalue weighted by atomic mass is 10.1. The molecule has 0 amide bonds. The Morgan fingerprint density at radius 2 is 1.94 bits per heavy atom. The highest BCUT2D eigenvalue weighted by Gasteiger charge is 2.23. The van der Waals surface area contributed by atoms with Crippen LogP contribution in [-0.4, -0.2) is 12.6 Å². The topological polar surface area (TPSA) is 35.2 Å². The van der Waals surface area contributed by atoms with Crippen molar-refractivity contribution in [3.05, 3.63) is 29.3 Å². The van der Waals surface area contributed by atoms with Gasteiger partial charge < -0.3 is 10.5 Å². The van der Waals surface area contributed by atoms with Crippen molar-refractivity contribution in [2.75, 3.05) is 6.61 Å². The van der Waals surface area contributed by atoms with E-state index in [9.17, 15) is 8.78 Å². The number of ether oxygens (including phenoxy) is 1. The van der Waals surface area contributed by atoms with Crippen molar-refractivity contribution in [2.24, 2.45) is 11.7 Å². The molecular formula is C13H18ClF2NO. The normalized spacial score (nSPS) is 16.0. The molecule has 0 bridgehead atoms. The molecule has 2 nitrogen and oxygen atoms in total. The summed E-state index contributed by atoms with van der Waals surface area (Å²) in [7, 11) is 0. The van der Waals surface area contributed by atoms with Crippen LogP contribution in [-0.2, 0) is 6.42 Å². The zero-order valence-corrected chi connectivity index (χ0v) is 11.1. The van der Waals surface area contributed by atoms with Gasteiger partial charge in [-0.15, -0.1) is 12.4 Å². The van der Waals surface area contributed by atoms with E-state index in [1.807, 2.05) is 6.92 Å². The predicted molar refractivity (Wildman–Crippen MR) is 69.2 cm³/mol. The van der Waals surface area contributed by atoms with Crippen molar-refractivity contribution in [3.8, 4) is 5.75 Å². The molecule has 5 heteroatoms. The number of rotatable bonds is 5. The van der Waals surface area contributed by atoms with Gasteiger partial charge in [0.25, 0.3) is 0 Å². The Kier molecular flexibility index (Phi) is 5.35. The average molecular weight is 278 g/mol. The molecule has 1 aliphatic rings.